The lowest BCUT2D eigenvalue weighted by Gasteiger charge is -2.12. The Morgan fingerprint density at radius 1 is 1.50 bits per heavy atom. The molecule has 0 aliphatic heterocycles. The number of nitrogens with one attached hydrogen (secondary N) is 1. The summed E-state index contributed by atoms with van der Waals surface area (Å²) in [6.45, 7) is 4.53. The van der Waals surface area contributed by atoms with E-state index in [2.05, 4.69) is 5.32 Å². The number of amides is 1. The zero-order valence-corrected chi connectivity index (χ0v) is 11.5. The smallest absolute Gasteiger partial charge is 0.223 e. The Morgan fingerprint density at radius 2 is 2.22 bits per heavy atom. The quantitative estimate of drug-likeness (QED) is 0.832. The topological polar surface area (TPSA) is 64.3 Å². The average Bonchev–Trinajstić information content (AvgIpc) is 2.28. The van der Waals surface area contributed by atoms with Crippen LogP contribution < -0.4 is 15.8 Å². The third kappa shape index (κ3) is 4.94. The van der Waals surface area contributed by atoms with Crippen LogP contribution in [0.25, 0.3) is 0 Å². The fourth-order valence-electron chi connectivity index (χ4n) is 1.48. The molecule has 100 valence electrons. The van der Waals surface area contributed by atoms with Gasteiger partial charge < -0.3 is 15.8 Å². The Hall–Kier alpha value is -1.26. The summed E-state index contributed by atoms with van der Waals surface area (Å²) in [7, 11) is 0. The maximum Gasteiger partial charge on any atom is 0.223 e. The van der Waals surface area contributed by atoms with Crippen LogP contribution in [0.3, 0.4) is 0 Å². The molecule has 0 aliphatic carbocycles. The minimum absolute atomic E-state index is 0.0265. The van der Waals surface area contributed by atoms with E-state index in [0.29, 0.717) is 30.3 Å². The second kappa shape index (κ2) is 7.24. The lowest BCUT2D eigenvalue weighted by atomic mass is 10.2. The van der Waals surface area contributed by atoms with Gasteiger partial charge in [-0.1, -0.05) is 17.7 Å². The SMILES string of the molecule is CC(C)NC(=O)CCOc1cc(Cl)ccc1CN. The van der Waals surface area contributed by atoms with Crippen molar-refractivity contribution in [2.45, 2.75) is 32.9 Å². The number of hydrogen-bond acceptors (Lipinski definition) is 3. The van der Waals surface area contributed by atoms with Crippen molar-refractivity contribution in [3.8, 4) is 5.75 Å². The second-order valence-corrected chi connectivity index (χ2v) is 4.71. The highest BCUT2D eigenvalue weighted by atomic mass is 35.5. The van der Waals surface area contributed by atoms with Gasteiger partial charge in [0.2, 0.25) is 5.91 Å². The average molecular weight is 271 g/mol. The molecule has 1 aromatic carbocycles. The number of nitrogens with two attached hydrogens (primary N) is 1. The molecule has 3 N–H and O–H groups in total. The highest BCUT2D eigenvalue weighted by Gasteiger charge is 2.06. The molecule has 0 heterocycles. The zero-order valence-electron chi connectivity index (χ0n) is 10.7. The summed E-state index contributed by atoms with van der Waals surface area (Å²) < 4.78 is 5.54. The second-order valence-electron chi connectivity index (χ2n) is 4.28. The summed E-state index contributed by atoms with van der Waals surface area (Å²) >= 11 is 5.88. The van der Waals surface area contributed by atoms with Crippen molar-refractivity contribution in [1.29, 1.82) is 0 Å². The molecule has 0 aliphatic rings. The van der Waals surface area contributed by atoms with Crippen LogP contribution in [0, 0.1) is 0 Å². The lowest BCUT2D eigenvalue weighted by molar-refractivity contribution is -0.122. The van der Waals surface area contributed by atoms with Gasteiger partial charge in [0.15, 0.2) is 0 Å². The maximum absolute atomic E-state index is 11.4. The van der Waals surface area contributed by atoms with Gasteiger partial charge in [-0.25, -0.2) is 0 Å². The molecule has 0 spiro atoms. The van der Waals surface area contributed by atoms with E-state index >= 15 is 0 Å². The van der Waals surface area contributed by atoms with Crippen LogP contribution in [0.2, 0.25) is 5.02 Å². The summed E-state index contributed by atoms with van der Waals surface area (Å²) in [4.78, 5) is 11.4. The fourth-order valence-corrected chi connectivity index (χ4v) is 1.64. The van der Waals surface area contributed by atoms with Crippen LogP contribution in [0.15, 0.2) is 18.2 Å². The number of carbonyl (C=O) groups is 1. The standard InChI is InChI=1S/C13H19ClN2O2/c1-9(2)16-13(17)5-6-18-12-7-11(14)4-3-10(12)8-15/h3-4,7,9H,5-6,8,15H2,1-2H3,(H,16,17). The predicted molar refractivity (Wildman–Crippen MR) is 72.7 cm³/mol. The first kappa shape index (κ1) is 14.8. The number of carbonyl (C=O) groups excluding carboxylic acids is 1. The molecule has 18 heavy (non-hydrogen) atoms. The molecule has 0 saturated heterocycles. The van der Waals surface area contributed by atoms with E-state index in [1.807, 2.05) is 19.9 Å². The van der Waals surface area contributed by atoms with Crippen LogP contribution in [0.5, 0.6) is 5.75 Å². The molecule has 1 amide bonds. The highest BCUT2D eigenvalue weighted by molar-refractivity contribution is 6.30. The van der Waals surface area contributed by atoms with Crippen molar-refractivity contribution in [3.05, 3.63) is 28.8 Å². The molecule has 1 aromatic rings. The molecule has 0 saturated carbocycles. The van der Waals surface area contributed by atoms with Crippen molar-refractivity contribution in [2.24, 2.45) is 5.73 Å². The molecule has 0 radical (unpaired) electrons. The molecular formula is C13H19ClN2O2. The van der Waals surface area contributed by atoms with Crippen LogP contribution in [0.4, 0.5) is 0 Å². The lowest BCUT2D eigenvalue weighted by Crippen LogP contribution is -2.31. The Labute approximate surface area is 112 Å². The third-order valence-corrected chi connectivity index (χ3v) is 2.52. The Kier molecular flexibility index (Phi) is 5.95. The van der Waals surface area contributed by atoms with Crippen molar-refractivity contribution in [1.82, 2.24) is 5.32 Å². The molecule has 0 fully saturated rings. The van der Waals surface area contributed by atoms with Gasteiger partial charge >= 0.3 is 0 Å². The number of ether oxygens (including phenoxy) is 1. The monoisotopic (exact) mass is 270 g/mol. The van der Waals surface area contributed by atoms with E-state index in [-0.39, 0.29) is 11.9 Å². The van der Waals surface area contributed by atoms with E-state index < -0.39 is 0 Å². The first-order valence-corrected chi connectivity index (χ1v) is 6.31. The van der Waals surface area contributed by atoms with E-state index in [1.54, 1.807) is 12.1 Å². The summed E-state index contributed by atoms with van der Waals surface area (Å²) in [5, 5.41) is 3.39. The Balaban J connectivity index is 2.48. The molecule has 0 unspecified atom stereocenters. The van der Waals surface area contributed by atoms with Gasteiger partial charge in [0, 0.05) is 23.2 Å². The van der Waals surface area contributed by atoms with E-state index in [9.17, 15) is 4.79 Å². The van der Waals surface area contributed by atoms with Gasteiger partial charge in [-0.15, -0.1) is 0 Å². The molecule has 1 rings (SSSR count). The molecular weight excluding hydrogens is 252 g/mol. The van der Waals surface area contributed by atoms with Crippen LogP contribution in [0.1, 0.15) is 25.8 Å². The summed E-state index contributed by atoms with van der Waals surface area (Å²) in [5.74, 6) is 0.615. The third-order valence-electron chi connectivity index (χ3n) is 2.29. The Bertz CT molecular complexity index is 408. The first-order chi connectivity index (χ1) is 8.52. The minimum atomic E-state index is -0.0265. The molecule has 0 bridgehead atoms. The number of benzene rings is 1. The zero-order chi connectivity index (χ0) is 13.5. The van der Waals surface area contributed by atoms with E-state index in [0.717, 1.165) is 5.56 Å². The van der Waals surface area contributed by atoms with Crippen LogP contribution >= 0.6 is 11.6 Å². The van der Waals surface area contributed by atoms with Crippen molar-refractivity contribution < 1.29 is 9.53 Å². The number of rotatable bonds is 6. The number of hydrogen-bond donors (Lipinski definition) is 2. The predicted octanol–water partition coefficient (Wildman–Crippen LogP) is 2.09. The normalized spacial score (nSPS) is 10.5. The first-order valence-electron chi connectivity index (χ1n) is 5.93. The minimum Gasteiger partial charge on any atom is -0.493 e. The molecule has 5 heteroatoms. The van der Waals surface area contributed by atoms with Gasteiger partial charge in [0.25, 0.3) is 0 Å². The number of halogens is 1. The van der Waals surface area contributed by atoms with Gasteiger partial charge in [-0.05, 0) is 26.0 Å². The van der Waals surface area contributed by atoms with Gasteiger partial charge in [-0.2, -0.15) is 0 Å². The Morgan fingerprint density at radius 3 is 2.83 bits per heavy atom. The summed E-state index contributed by atoms with van der Waals surface area (Å²) in [6, 6.07) is 5.45. The maximum atomic E-state index is 11.4. The highest BCUT2D eigenvalue weighted by Crippen LogP contribution is 2.23. The van der Waals surface area contributed by atoms with Crippen LogP contribution in [-0.2, 0) is 11.3 Å². The molecule has 0 atom stereocenters. The summed E-state index contributed by atoms with van der Waals surface area (Å²) in [6.07, 6.45) is 0.314. The fraction of sp³-hybridized carbons (Fsp3) is 0.462. The molecule has 0 aromatic heterocycles. The summed E-state index contributed by atoms with van der Waals surface area (Å²) in [5.41, 5.74) is 6.47. The van der Waals surface area contributed by atoms with Crippen molar-refractivity contribution >= 4 is 17.5 Å². The molecule has 4 nitrogen and oxygen atoms in total. The van der Waals surface area contributed by atoms with Gasteiger partial charge in [-0.3, -0.25) is 4.79 Å². The van der Waals surface area contributed by atoms with Gasteiger partial charge in [0.05, 0.1) is 13.0 Å². The van der Waals surface area contributed by atoms with E-state index in [4.69, 9.17) is 22.1 Å². The van der Waals surface area contributed by atoms with Crippen LogP contribution in [-0.4, -0.2) is 18.6 Å². The van der Waals surface area contributed by atoms with E-state index in [1.165, 1.54) is 0 Å². The van der Waals surface area contributed by atoms with Crippen molar-refractivity contribution in [2.75, 3.05) is 6.61 Å². The largest absolute Gasteiger partial charge is 0.493 e. The van der Waals surface area contributed by atoms with Crippen molar-refractivity contribution in [3.63, 3.8) is 0 Å². The van der Waals surface area contributed by atoms with Gasteiger partial charge in [0.1, 0.15) is 5.75 Å².